The second kappa shape index (κ2) is 9.91. The average molecular weight is 420 g/mol. The molecule has 2 aromatic rings. The van der Waals surface area contributed by atoms with Gasteiger partial charge < -0.3 is 15.0 Å². The predicted molar refractivity (Wildman–Crippen MR) is 103 cm³/mol. The maximum Gasteiger partial charge on any atom is 0.306 e. The van der Waals surface area contributed by atoms with Crippen LogP contribution < -0.4 is 5.32 Å². The Labute approximate surface area is 171 Å². The number of hydrogen-bond acceptors (Lipinski definition) is 5. The lowest BCUT2D eigenvalue weighted by molar-refractivity contribution is -0.142. The van der Waals surface area contributed by atoms with Crippen LogP contribution in [0.5, 0.6) is 0 Å². The predicted octanol–water partition coefficient (Wildman–Crippen LogP) is 3.05. The zero-order valence-electron chi connectivity index (χ0n) is 16.9. The third-order valence-electron chi connectivity index (χ3n) is 4.45. The van der Waals surface area contributed by atoms with Crippen molar-refractivity contribution in [1.82, 2.24) is 10.3 Å². The molecule has 0 spiro atoms. The first kappa shape index (κ1) is 22.9. The van der Waals surface area contributed by atoms with Crippen molar-refractivity contribution in [2.24, 2.45) is 0 Å². The lowest BCUT2D eigenvalue weighted by Gasteiger charge is -2.07. The van der Waals surface area contributed by atoms with E-state index >= 15 is 0 Å². The number of H-pyrrole nitrogens is 1. The van der Waals surface area contributed by atoms with Crippen LogP contribution in [0.25, 0.3) is 0 Å². The molecule has 0 bridgehead atoms. The van der Waals surface area contributed by atoms with Crippen molar-refractivity contribution in [2.75, 3.05) is 13.2 Å². The number of halogens is 2. The average Bonchev–Trinajstić information content (AvgIpc) is 2.97. The van der Waals surface area contributed by atoms with Crippen LogP contribution in [0.15, 0.2) is 18.2 Å². The molecule has 0 fully saturated rings. The van der Waals surface area contributed by atoms with Gasteiger partial charge >= 0.3 is 5.97 Å². The number of nitrogens with one attached hydrogen (secondary N) is 2. The quantitative estimate of drug-likeness (QED) is 0.369. The summed E-state index contributed by atoms with van der Waals surface area (Å²) in [6.45, 7) is 4.31. The second-order valence-corrected chi connectivity index (χ2v) is 6.75. The van der Waals surface area contributed by atoms with Crippen LogP contribution in [0.1, 0.15) is 62.2 Å². The number of rotatable bonds is 9. The molecule has 0 aliphatic rings. The van der Waals surface area contributed by atoms with Gasteiger partial charge in [0.15, 0.2) is 12.4 Å². The van der Waals surface area contributed by atoms with E-state index in [-0.39, 0.29) is 36.4 Å². The lowest BCUT2D eigenvalue weighted by Crippen LogP contribution is -2.26. The Bertz CT molecular complexity index is 998. The molecule has 0 atom stereocenters. The maximum atomic E-state index is 13.5. The Morgan fingerprint density at radius 1 is 1.13 bits per heavy atom. The number of ether oxygens (including phenoxy) is 1. The normalized spacial score (nSPS) is 10.6. The smallest absolute Gasteiger partial charge is 0.306 e. The summed E-state index contributed by atoms with van der Waals surface area (Å²) < 4.78 is 31.3. The summed E-state index contributed by atoms with van der Waals surface area (Å²) in [7, 11) is 0. The van der Waals surface area contributed by atoms with Crippen LogP contribution in [0, 0.1) is 25.5 Å². The first-order chi connectivity index (χ1) is 14.1. The van der Waals surface area contributed by atoms with E-state index < -0.39 is 35.9 Å². The zero-order chi connectivity index (χ0) is 22.4. The van der Waals surface area contributed by atoms with Crippen molar-refractivity contribution in [3.05, 3.63) is 57.9 Å². The number of ketones is 2. The van der Waals surface area contributed by atoms with Crippen molar-refractivity contribution in [3.8, 4) is 0 Å². The number of esters is 1. The first-order valence-electron chi connectivity index (χ1n) is 9.24. The highest BCUT2D eigenvalue weighted by atomic mass is 19.1. The van der Waals surface area contributed by atoms with Gasteiger partial charge in [-0.15, -0.1) is 0 Å². The highest BCUT2D eigenvalue weighted by molar-refractivity contribution is 6.04. The molecule has 1 aromatic carbocycles. The fourth-order valence-corrected chi connectivity index (χ4v) is 3.05. The number of aromatic amines is 1. The molecule has 0 aliphatic carbocycles. The highest BCUT2D eigenvalue weighted by Gasteiger charge is 2.20. The van der Waals surface area contributed by atoms with Gasteiger partial charge in [0.05, 0.1) is 11.3 Å². The van der Waals surface area contributed by atoms with E-state index in [1.807, 2.05) is 0 Å². The molecule has 1 heterocycles. The van der Waals surface area contributed by atoms with Crippen molar-refractivity contribution in [1.29, 1.82) is 0 Å². The van der Waals surface area contributed by atoms with Crippen molar-refractivity contribution in [2.45, 2.75) is 33.6 Å². The number of carbonyl (C=O) groups is 4. The van der Waals surface area contributed by atoms with Crippen molar-refractivity contribution >= 4 is 23.4 Å². The largest absolute Gasteiger partial charge is 0.457 e. The van der Waals surface area contributed by atoms with Crippen LogP contribution in [0.2, 0.25) is 0 Å². The van der Waals surface area contributed by atoms with E-state index in [2.05, 4.69) is 10.3 Å². The molecule has 160 valence electrons. The molecule has 0 aliphatic heterocycles. The van der Waals surface area contributed by atoms with E-state index in [0.29, 0.717) is 22.9 Å². The van der Waals surface area contributed by atoms with Crippen LogP contribution in [-0.4, -0.2) is 41.6 Å². The first-order valence-corrected chi connectivity index (χ1v) is 9.24. The molecule has 1 aromatic heterocycles. The van der Waals surface area contributed by atoms with Gasteiger partial charge in [0.1, 0.15) is 11.6 Å². The number of amides is 1. The molecular weight excluding hydrogens is 398 g/mol. The standard InChI is InChI=1S/C21H22F2N2O5/c1-11-19(13(3)26)12(2)25-20(11)17(27)10-30-18(28)5-4-8-24-21(29)15-7-6-14(22)9-16(15)23/h6-7,9,25H,4-5,8,10H2,1-3H3,(H,24,29). The molecule has 2 rings (SSSR count). The molecule has 0 radical (unpaired) electrons. The van der Waals surface area contributed by atoms with Gasteiger partial charge in [0.25, 0.3) is 5.91 Å². The fourth-order valence-electron chi connectivity index (χ4n) is 3.05. The number of hydrogen-bond donors (Lipinski definition) is 2. The van der Waals surface area contributed by atoms with Crippen molar-refractivity contribution in [3.63, 3.8) is 0 Å². The Morgan fingerprint density at radius 2 is 1.83 bits per heavy atom. The third-order valence-corrected chi connectivity index (χ3v) is 4.45. The number of aromatic nitrogens is 1. The second-order valence-electron chi connectivity index (χ2n) is 6.75. The van der Waals surface area contributed by atoms with Gasteiger partial charge in [-0.2, -0.15) is 0 Å². The van der Waals surface area contributed by atoms with E-state index in [0.717, 1.165) is 12.1 Å². The highest BCUT2D eigenvalue weighted by Crippen LogP contribution is 2.19. The Kier molecular flexibility index (Phi) is 7.57. The van der Waals surface area contributed by atoms with E-state index in [9.17, 15) is 28.0 Å². The molecule has 0 unspecified atom stereocenters. The van der Waals surface area contributed by atoms with Gasteiger partial charge in [-0.3, -0.25) is 19.2 Å². The molecular formula is C21H22F2N2O5. The molecule has 1 amide bonds. The van der Waals surface area contributed by atoms with Crippen LogP contribution >= 0.6 is 0 Å². The molecule has 2 N–H and O–H groups in total. The minimum Gasteiger partial charge on any atom is -0.457 e. The minimum absolute atomic E-state index is 0.0651. The van der Waals surface area contributed by atoms with Gasteiger partial charge in [0, 0.05) is 30.3 Å². The van der Waals surface area contributed by atoms with Crippen molar-refractivity contribution < 1.29 is 32.7 Å². The SMILES string of the molecule is CC(=O)c1c(C)[nH]c(C(=O)COC(=O)CCCNC(=O)c2ccc(F)cc2F)c1C. The summed E-state index contributed by atoms with van der Waals surface area (Å²) in [5, 5.41) is 2.42. The summed E-state index contributed by atoms with van der Waals surface area (Å²) in [5.41, 5.74) is 1.45. The van der Waals surface area contributed by atoms with Gasteiger partial charge in [-0.05, 0) is 44.9 Å². The maximum absolute atomic E-state index is 13.5. The number of Topliss-reactive ketones (excluding diaryl/α,β-unsaturated/α-hetero) is 2. The van der Waals surface area contributed by atoms with Crippen LogP contribution in [-0.2, 0) is 9.53 Å². The van der Waals surface area contributed by atoms with Crippen LogP contribution in [0.3, 0.4) is 0 Å². The Morgan fingerprint density at radius 3 is 2.43 bits per heavy atom. The lowest BCUT2D eigenvalue weighted by atomic mass is 10.1. The Balaban J connectivity index is 1.76. The summed E-state index contributed by atoms with van der Waals surface area (Å²) in [6.07, 6.45) is 0.137. The van der Waals surface area contributed by atoms with E-state index in [1.165, 1.54) is 6.92 Å². The zero-order valence-corrected chi connectivity index (χ0v) is 16.9. The summed E-state index contributed by atoms with van der Waals surface area (Å²) >= 11 is 0. The van der Waals surface area contributed by atoms with Gasteiger partial charge in [0.2, 0.25) is 5.78 Å². The monoisotopic (exact) mass is 420 g/mol. The number of carbonyl (C=O) groups excluding carboxylic acids is 4. The molecule has 9 heteroatoms. The van der Waals surface area contributed by atoms with Gasteiger partial charge in [-0.1, -0.05) is 0 Å². The van der Waals surface area contributed by atoms with Gasteiger partial charge in [-0.25, -0.2) is 8.78 Å². The minimum atomic E-state index is -0.979. The molecule has 0 saturated carbocycles. The number of benzene rings is 1. The summed E-state index contributed by atoms with van der Waals surface area (Å²) in [6, 6.07) is 2.61. The Hall–Kier alpha value is -3.36. The topological polar surface area (TPSA) is 105 Å². The number of aryl methyl sites for hydroxylation is 1. The molecule has 0 saturated heterocycles. The summed E-state index contributed by atoms with van der Waals surface area (Å²) in [4.78, 5) is 50.4. The van der Waals surface area contributed by atoms with E-state index in [1.54, 1.807) is 13.8 Å². The van der Waals surface area contributed by atoms with Crippen LogP contribution in [0.4, 0.5) is 8.78 Å². The summed E-state index contributed by atoms with van der Waals surface area (Å²) in [5.74, 6) is -3.76. The van der Waals surface area contributed by atoms with E-state index in [4.69, 9.17) is 4.74 Å². The third kappa shape index (κ3) is 5.59. The molecule has 7 nitrogen and oxygen atoms in total. The fraction of sp³-hybridized carbons (Fsp3) is 0.333. The molecule has 30 heavy (non-hydrogen) atoms.